The highest BCUT2D eigenvalue weighted by molar-refractivity contribution is 7.07. The predicted octanol–water partition coefficient (Wildman–Crippen LogP) is 0.283. The lowest BCUT2D eigenvalue weighted by Gasteiger charge is -2.01. The van der Waals surface area contributed by atoms with Crippen LogP contribution in [-0.4, -0.2) is 32.0 Å². The number of thiophene rings is 1. The maximum Gasteiger partial charge on any atom is 0.325 e. The summed E-state index contributed by atoms with van der Waals surface area (Å²) >= 11 is 1.54. The van der Waals surface area contributed by atoms with E-state index < -0.39 is 5.97 Å². The van der Waals surface area contributed by atoms with Crippen molar-refractivity contribution in [2.24, 2.45) is 0 Å². The van der Waals surface area contributed by atoms with Crippen LogP contribution in [0.3, 0.4) is 0 Å². The number of hydrogen-bond donors (Lipinski definition) is 2. The average molecular weight is 280 g/mol. The minimum Gasteiger partial charge on any atom is -0.480 e. The zero-order valence-electron chi connectivity index (χ0n) is 9.94. The Bertz CT molecular complexity index is 564. The third kappa shape index (κ3) is 4.18. The lowest BCUT2D eigenvalue weighted by atomic mass is 10.2. The van der Waals surface area contributed by atoms with Crippen molar-refractivity contribution in [3.63, 3.8) is 0 Å². The van der Waals surface area contributed by atoms with Gasteiger partial charge in [-0.15, -0.1) is 5.10 Å². The first-order valence-electron chi connectivity index (χ1n) is 5.52. The van der Waals surface area contributed by atoms with E-state index in [-0.39, 0.29) is 19.0 Å². The van der Waals surface area contributed by atoms with Crippen LogP contribution >= 0.6 is 11.3 Å². The van der Waals surface area contributed by atoms with Crippen LogP contribution in [0.25, 0.3) is 0 Å². The summed E-state index contributed by atoms with van der Waals surface area (Å²) in [5, 5.41) is 22.5. The minimum atomic E-state index is -0.988. The number of carboxylic acid groups (broad SMARTS) is 1. The second kappa shape index (κ2) is 6.10. The number of carbonyl (C=O) groups is 2. The average Bonchev–Trinajstić information content (AvgIpc) is 2.97. The molecule has 2 N–H and O–H groups in total. The first-order valence-corrected chi connectivity index (χ1v) is 6.46. The van der Waals surface area contributed by atoms with Gasteiger partial charge < -0.3 is 10.4 Å². The van der Waals surface area contributed by atoms with E-state index in [1.54, 1.807) is 11.3 Å². The molecular formula is C11H12N4O3S. The van der Waals surface area contributed by atoms with E-state index in [2.05, 4.69) is 15.6 Å². The third-order valence-corrected chi connectivity index (χ3v) is 3.03. The maximum absolute atomic E-state index is 11.6. The second-order valence-electron chi connectivity index (χ2n) is 3.89. The van der Waals surface area contributed by atoms with E-state index in [9.17, 15) is 9.59 Å². The van der Waals surface area contributed by atoms with Crippen molar-refractivity contribution in [1.82, 2.24) is 20.3 Å². The lowest BCUT2D eigenvalue weighted by Crippen LogP contribution is -2.24. The Morgan fingerprint density at radius 3 is 3.00 bits per heavy atom. The molecule has 2 heterocycles. The van der Waals surface area contributed by atoms with Crippen molar-refractivity contribution < 1.29 is 14.7 Å². The molecule has 2 aromatic rings. The Balaban J connectivity index is 1.80. The van der Waals surface area contributed by atoms with E-state index in [0.29, 0.717) is 12.1 Å². The smallest absolute Gasteiger partial charge is 0.325 e. The molecule has 0 saturated carbocycles. The molecule has 0 spiro atoms. The van der Waals surface area contributed by atoms with Gasteiger partial charge in [0.2, 0.25) is 5.91 Å². The number of nitrogens with one attached hydrogen (secondary N) is 1. The van der Waals surface area contributed by atoms with Gasteiger partial charge in [-0.05, 0) is 22.4 Å². The molecule has 0 bridgehead atoms. The summed E-state index contributed by atoms with van der Waals surface area (Å²) in [6, 6.07) is 1.90. The molecule has 2 aromatic heterocycles. The summed E-state index contributed by atoms with van der Waals surface area (Å²) in [7, 11) is 0. The fourth-order valence-electron chi connectivity index (χ4n) is 1.47. The molecule has 0 aliphatic rings. The molecular weight excluding hydrogens is 268 g/mol. The molecule has 2 rings (SSSR count). The number of hydrogen-bond acceptors (Lipinski definition) is 5. The zero-order valence-corrected chi connectivity index (χ0v) is 10.8. The summed E-state index contributed by atoms with van der Waals surface area (Å²) in [6.07, 6.45) is 1.83. The molecule has 0 atom stereocenters. The highest BCUT2D eigenvalue weighted by Crippen LogP contribution is 2.06. The fourth-order valence-corrected chi connectivity index (χ4v) is 2.13. The summed E-state index contributed by atoms with van der Waals surface area (Å²) < 4.78 is 1.21. The highest BCUT2D eigenvalue weighted by atomic mass is 32.1. The molecule has 0 fully saturated rings. The van der Waals surface area contributed by atoms with Crippen LogP contribution in [-0.2, 0) is 29.1 Å². The zero-order chi connectivity index (χ0) is 13.7. The van der Waals surface area contributed by atoms with Crippen molar-refractivity contribution in [2.75, 3.05) is 0 Å². The molecule has 1 amide bonds. The van der Waals surface area contributed by atoms with E-state index in [0.717, 1.165) is 5.56 Å². The van der Waals surface area contributed by atoms with E-state index in [1.807, 2.05) is 16.8 Å². The largest absolute Gasteiger partial charge is 0.480 e. The molecule has 8 heteroatoms. The van der Waals surface area contributed by atoms with Gasteiger partial charge in [-0.25, -0.2) is 4.68 Å². The normalized spacial score (nSPS) is 10.3. The van der Waals surface area contributed by atoms with Crippen LogP contribution in [0.4, 0.5) is 0 Å². The van der Waals surface area contributed by atoms with Gasteiger partial charge in [0, 0.05) is 0 Å². The van der Waals surface area contributed by atoms with Crippen LogP contribution in [0.15, 0.2) is 23.0 Å². The summed E-state index contributed by atoms with van der Waals surface area (Å²) in [4.78, 5) is 22.1. The van der Waals surface area contributed by atoms with Gasteiger partial charge in [0.05, 0.1) is 19.2 Å². The summed E-state index contributed by atoms with van der Waals surface area (Å²) in [5.74, 6) is -1.09. The van der Waals surface area contributed by atoms with Crippen molar-refractivity contribution in [2.45, 2.75) is 19.5 Å². The van der Waals surface area contributed by atoms with Gasteiger partial charge in [-0.2, -0.15) is 11.3 Å². The van der Waals surface area contributed by atoms with Crippen LogP contribution < -0.4 is 5.32 Å². The van der Waals surface area contributed by atoms with E-state index in [4.69, 9.17) is 5.11 Å². The van der Waals surface area contributed by atoms with Gasteiger partial charge in [0.25, 0.3) is 0 Å². The first-order chi connectivity index (χ1) is 9.13. The molecule has 0 radical (unpaired) electrons. The number of amides is 1. The van der Waals surface area contributed by atoms with Gasteiger partial charge in [0.15, 0.2) is 0 Å². The molecule has 0 unspecified atom stereocenters. The Kier molecular flexibility index (Phi) is 4.24. The fraction of sp³-hybridized carbons (Fsp3) is 0.273. The first kappa shape index (κ1) is 13.2. The number of nitrogens with zero attached hydrogens (tertiary/aromatic N) is 3. The number of aromatic nitrogens is 3. The topological polar surface area (TPSA) is 97.1 Å². The molecule has 19 heavy (non-hydrogen) atoms. The van der Waals surface area contributed by atoms with Gasteiger partial charge >= 0.3 is 5.97 Å². The highest BCUT2D eigenvalue weighted by Gasteiger charge is 2.07. The second-order valence-corrected chi connectivity index (χ2v) is 4.67. The number of carboxylic acids is 1. The molecule has 0 saturated heterocycles. The molecule has 0 aliphatic carbocycles. The molecule has 0 aromatic carbocycles. The van der Waals surface area contributed by atoms with Crippen molar-refractivity contribution in [3.8, 4) is 0 Å². The monoisotopic (exact) mass is 280 g/mol. The number of aliphatic carboxylic acids is 1. The Morgan fingerprint density at radius 2 is 2.32 bits per heavy atom. The van der Waals surface area contributed by atoms with Crippen LogP contribution in [0.2, 0.25) is 0 Å². The molecule has 100 valence electrons. The lowest BCUT2D eigenvalue weighted by molar-refractivity contribution is -0.138. The van der Waals surface area contributed by atoms with Crippen LogP contribution in [0, 0.1) is 0 Å². The van der Waals surface area contributed by atoms with Crippen LogP contribution in [0.1, 0.15) is 11.3 Å². The quantitative estimate of drug-likeness (QED) is 0.792. The van der Waals surface area contributed by atoms with Crippen molar-refractivity contribution in [3.05, 3.63) is 34.3 Å². The summed E-state index contributed by atoms with van der Waals surface area (Å²) in [6.45, 7) is -0.00155. The van der Waals surface area contributed by atoms with E-state index in [1.165, 1.54) is 10.9 Å². The van der Waals surface area contributed by atoms with Crippen LogP contribution in [0.5, 0.6) is 0 Å². The Labute approximate surface area is 112 Å². The Morgan fingerprint density at radius 1 is 1.47 bits per heavy atom. The molecule has 7 nitrogen and oxygen atoms in total. The van der Waals surface area contributed by atoms with Crippen molar-refractivity contribution in [1.29, 1.82) is 0 Å². The van der Waals surface area contributed by atoms with Gasteiger partial charge in [0.1, 0.15) is 12.2 Å². The SMILES string of the molecule is O=C(O)Cn1cc(CNC(=O)Cc2ccsc2)nn1. The third-order valence-electron chi connectivity index (χ3n) is 2.29. The minimum absolute atomic E-state index is 0.105. The number of carbonyl (C=O) groups excluding carboxylic acids is 1. The van der Waals surface area contributed by atoms with Gasteiger partial charge in [-0.1, -0.05) is 5.21 Å². The van der Waals surface area contributed by atoms with Gasteiger partial charge in [-0.3, -0.25) is 9.59 Å². The van der Waals surface area contributed by atoms with Crippen molar-refractivity contribution >= 4 is 23.2 Å². The standard InChI is InChI=1S/C11H12N4O3S/c16-10(3-8-1-2-19-7-8)12-4-9-5-15(14-13-9)6-11(17)18/h1-2,5,7H,3-4,6H2,(H,12,16)(H,17,18). The predicted molar refractivity (Wildman–Crippen MR) is 67.5 cm³/mol. The maximum atomic E-state index is 11.6. The Hall–Kier alpha value is -2.22. The van der Waals surface area contributed by atoms with E-state index >= 15 is 0 Å². The summed E-state index contributed by atoms with van der Waals surface area (Å²) in [5.41, 5.74) is 1.50. The number of rotatable bonds is 6. The molecule has 0 aliphatic heterocycles.